The Morgan fingerprint density at radius 1 is 1.00 bits per heavy atom. The van der Waals surface area contributed by atoms with Crippen molar-refractivity contribution in [2.75, 3.05) is 17.2 Å². The van der Waals surface area contributed by atoms with E-state index in [0.717, 1.165) is 5.69 Å². The van der Waals surface area contributed by atoms with Crippen molar-refractivity contribution in [1.82, 2.24) is 9.97 Å². The van der Waals surface area contributed by atoms with Crippen molar-refractivity contribution in [3.63, 3.8) is 0 Å². The summed E-state index contributed by atoms with van der Waals surface area (Å²) in [5, 5.41) is 6.42. The Balaban J connectivity index is 1.58. The van der Waals surface area contributed by atoms with Gasteiger partial charge in [-0.05, 0) is 47.7 Å². The molecule has 3 aromatic rings. The first-order valence-electron chi connectivity index (χ1n) is 8.79. The number of anilines is 3. The summed E-state index contributed by atoms with van der Waals surface area (Å²) in [4.78, 5) is 8.67. The van der Waals surface area contributed by atoms with Gasteiger partial charge in [-0.1, -0.05) is 44.2 Å². The van der Waals surface area contributed by atoms with Gasteiger partial charge < -0.3 is 10.6 Å². The van der Waals surface area contributed by atoms with Crippen LogP contribution in [0.25, 0.3) is 0 Å². The lowest BCUT2D eigenvalue weighted by Gasteiger charge is -2.10. The predicted octanol–water partition coefficient (Wildman–Crippen LogP) is 5.14. The number of nitrogens with zero attached hydrogens (tertiary/aromatic N) is 2. The molecule has 0 aliphatic rings. The first-order valence-corrected chi connectivity index (χ1v) is 8.79. The van der Waals surface area contributed by atoms with Crippen molar-refractivity contribution >= 4 is 17.5 Å². The molecule has 0 spiro atoms. The van der Waals surface area contributed by atoms with Gasteiger partial charge in [0, 0.05) is 18.4 Å². The molecular formula is C21H23FN4. The predicted molar refractivity (Wildman–Crippen MR) is 104 cm³/mol. The molecule has 0 saturated carbocycles. The van der Waals surface area contributed by atoms with Crippen LogP contribution in [0.2, 0.25) is 0 Å². The van der Waals surface area contributed by atoms with Crippen LogP contribution in [0.1, 0.15) is 30.9 Å². The molecule has 0 radical (unpaired) electrons. The fourth-order valence-electron chi connectivity index (χ4n) is 2.62. The first kappa shape index (κ1) is 17.9. The summed E-state index contributed by atoms with van der Waals surface area (Å²) in [7, 11) is 0. The Kier molecular flexibility index (Phi) is 5.79. The summed E-state index contributed by atoms with van der Waals surface area (Å²) in [6.07, 6.45) is 2.27. The number of benzene rings is 2. The molecule has 0 atom stereocenters. The van der Waals surface area contributed by atoms with Gasteiger partial charge in [-0.15, -0.1) is 0 Å². The van der Waals surface area contributed by atoms with Gasteiger partial charge in [0.05, 0.1) is 0 Å². The number of rotatable bonds is 7. The van der Waals surface area contributed by atoms with E-state index in [-0.39, 0.29) is 5.82 Å². The fraction of sp³-hybridized carbons (Fsp3) is 0.238. The van der Waals surface area contributed by atoms with Gasteiger partial charge in [-0.2, -0.15) is 4.98 Å². The highest BCUT2D eigenvalue weighted by atomic mass is 19.1. The van der Waals surface area contributed by atoms with E-state index in [4.69, 9.17) is 0 Å². The molecule has 134 valence electrons. The minimum absolute atomic E-state index is 0.185. The monoisotopic (exact) mass is 350 g/mol. The molecule has 4 nitrogen and oxygen atoms in total. The molecule has 0 aliphatic heterocycles. The third kappa shape index (κ3) is 4.79. The zero-order valence-electron chi connectivity index (χ0n) is 15.0. The zero-order valence-corrected chi connectivity index (χ0v) is 15.0. The number of aromatic nitrogens is 2. The van der Waals surface area contributed by atoms with E-state index >= 15 is 0 Å². The first-order chi connectivity index (χ1) is 12.6. The van der Waals surface area contributed by atoms with E-state index in [0.29, 0.717) is 36.2 Å². The van der Waals surface area contributed by atoms with Gasteiger partial charge in [-0.25, -0.2) is 9.37 Å². The second kappa shape index (κ2) is 8.43. The van der Waals surface area contributed by atoms with Crippen LogP contribution in [0.4, 0.5) is 21.8 Å². The Labute approximate surface area is 153 Å². The quantitative estimate of drug-likeness (QED) is 0.620. The summed E-state index contributed by atoms with van der Waals surface area (Å²) in [5.74, 6) is 1.56. The van der Waals surface area contributed by atoms with Crippen LogP contribution < -0.4 is 10.6 Å². The summed E-state index contributed by atoms with van der Waals surface area (Å²) in [5.41, 5.74) is 2.96. The zero-order chi connectivity index (χ0) is 18.4. The van der Waals surface area contributed by atoms with Gasteiger partial charge in [0.25, 0.3) is 0 Å². The summed E-state index contributed by atoms with van der Waals surface area (Å²) in [6, 6.07) is 16.9. The second-order valence-corrected chi connectivity index (χ2v) is 6.44. The lowest BCUT2D eigenvalue weighted by molar-refractivity contribution is 0.610. The molecule has 0 saturated heterocycles. The van der Waals surface area contributed by atoms with Crippen molar-refractivity contribution in [3.05, 3.63) is 77.7 Å². The van der Waals surface area contributed by atoms with Crippen LogP contribution in [0.3, 0.4) is 0 Å². The molecule has 0 aliphatic carbocycles. The van der Waals surface area contributed by atoms with Gasteiger partial charge in [-0.3, -0.25) is 0 Å². The number of halogens is 1. The van der Waals surface area contributed by atoms with Crippen molar-refractivity contribution in [2.45, 2.75) is 26.2 Å². The van der Waals surface area contributed by atoms with Crippen molar-refractivity contribution < 1.29 is 4.39 Å². The number of hydrogen-bond donors (Lipinski definition) is 2. The van der Waals surface area contributed by atoms with Crippen molar-refractivity contribution in [2.24, 2.45) is 0 Å². The molecular weight excluding hydrogens is 327 g/mol. The van der Waals surface area contributed by atoms with Crippen molar-refractivity contribution in [3.8, 4) is 0 Å². The fourth-order valence-corrected chi connectivity index (χ4v) is 2.62. The van der Waals surface area contributed by atoms with Gasteiger partial charge in [0.15, 0.2) is 0 Å². The van der Waals surface area contributed by atoms with Crippen LogP contribution in [0, 0.1) is 5.82 Å². The summed E-state index contributed by atoms with van der Waals surface area (Å²) in [6.45, 7) is 4.91. The van der Waals surface area contributed by atoms with Crippen LogP contribution >= 0.6 is 0 Å². The molecule has 0 bridgehead atoms. The Bertz CT molecular complexity index is 847. The minimum atomic E-state index is -0.185. The topological polar surface area (TPSA) is 49.8 Å². The maximum Gasteiger partial charge on any atom is 0.224 e. The molecule has 0 amide bonds. The maximum absolute atomic E-state index is 13.6. The van der Waals surface area contributed by atoms with Crippen LogP contribution in [-0.4, -0.2) is 16.5 Å². The van der Waals surface area contributed by atoms with Crippen LogP contribution in [0.5, 0.6) is 0 Å². The molecule has 26 heavy (non-hydrogen) atoms. The SMILES string of the molecule is CC(C)c1ccc(Nc2ccnc(NCCc3ccccc3F)n2)cc1. The Hall–Kier alpha value is -2.95. The Morgan fingerprint density at radius 2 is 1.77 bits per heavy atom. The van der Waals surface area contributed by atoms with E-state index in [2.05, 4.69) is 46.6 Å². The highest BCUT2D eigenvalue weighted by Crippen LogP contribution is 2.20. The third-order valence-corrected chi connectivity index (χ3v) is 4.14. The highest BCUT2D eigenvalue weighted by molar-refractivity contribution is 5.57. The highest BCUT2D eigenvalue weighted by Gasteiger charge is 2.03. The molecule has 2 aromatic carbocycles. The number of hydrogen-bond acceptors (Lipinski definition) is 4. The Morgan fingerprint density at radius 3 is 2.50 bits per heavy atom. The lowest BCUT2D eigenvalue weighted by atomic mass is 10.0. The molecule has 3 rings (SSSR count). The van der Waals surface area contributed by atoms with Gasteiger partial charge >= 0.3 is 0 Å². The molecule has 1 aromatic heterocycles. The van der Waals surface area contributed by atoms with E-state index in [1.54, 1.807) is 18.3 Å². The van der Waals surface area contributed by atoms with Gasteiger partial charge in [0.1, 0.15) is 11.6 Å². The smallest absolute Gasteiger partial charge is 0.224 e. The number of nitrogens with one attached hydrogen (secondary N) is 2. The molecule has 1 heterocycles. The van der Waals surface area contributed by atoms with E-state index in [9.17, 15) is 4.39 Å². The maximum atomic E-state index is 13.6. The molecule has 0 fully saturated rings. The average Bonchev–Trinajstić information content (AvgIpc) is 2.64. The molecule has 2 N–H and O–H groups in total. The summed E-state index contributed by atoms with van der Waals surface area (Å²) >= 11 is 0. The van der Waals surface area contributed by atoms with Gasteiger partial charge in [0.2, 0.25) is 5.95 Å². The third-order valence-electron chi connectivity index (χ3n) is 4.14. The largest absolute Gasteiger partial charge is 0.354 e. The van der Waals surface area contributed by atoms with Crippen LogP contribution in [0.15, 0.2) is 60.8 Å². The van der Waals surface area contributed by atoms with E-state index in [1.165, 1.54) is 11.6 Å². The van der Waals surface area contributed by atoms with E-state index in [1.807, 2.05) is 24.3 Å². The average molecular weight is 350 g/mol. The molecule has 5 heteroatoms. The molecule has 0 unspecified atom stereocenters. The second-order valence-electron chi connectivity index (χ2n) is 6.44. The van der Waals surface area contributed by atoms with E-state index < -0.39 is 0 Å². The lowest BCUT2D eigenvalue weighted by Crippen LogP contribution is -2.09. The summed E-state index contributed by atoms with van der Waals surface area (Å²) < 4.78 is 13.6. The minimum Gasteiger partial charge on any atom is -0.354 e. The normalized spacial score (nSPS) is 10.8. The van der Waals surface area contributed by atoms with Crippen molar-refractivity contribution in [1.29, 1.82) is 0 Å². The van der Waals surface area contributed by atoms with Crippen LogP contribution in [-0.2, 0) is 6.42 Å². The standard InChI is InChI=1S/C21H23FN4/c1-15(2)16-7-9-18(10-8-16)25-20-12-14-24-21(26-20)23-13-11-17-5-3-4-6-19(17)22/h3-10,12,14-15H,11,13H2,1-2H3,(H2,23,24,25,26).